The van der Waals surface area contributed by atoms with E-state index in [0.717, 1.165) is 37.3 Å². The molecular weight excluding hydrogens is 446 g/mol. The second-order valence-electron chi connectivity index (χ2n) is 8.77. The molecule has 35 heavy (non-hydrogen) atoms. The number of aromatic nitrogens is 2. The third-order valence-corrected chi connectivity index (χ3v) is 6.31. The molecule has 0 radical (unpaired) electrons. The molecule has 0 saturated carbocycles. The van der Waals surface area contributed by atoms with E-state index in [1.807, 2.05) is 50.2 Å². The van der Waals surface area contributed by atoms with Crippen molar-refractivity contribution in [3.8, 4) is 11.4 Å². The van der Waals surface area contributed by atoms with Crippen LogP contribution < -0.4 is 5.32 Å². The molecule has 3 aromatic rings. The third-order valence-electron chi connectivity index (χ3n) is 6.31. The lowest BCUT2D eigenvalue weighted by atomic mass is 10.1. The molecule has 1 unspecified atom stereocenters. The first-order chi connectivity index (χ1) is 16.9. The molecule has 1 saturated heterocycles. The van der Waals surface area contributed by atoms with Crippen LogP contribution >= 0.6 is 0 Å². The van der Waals surface area contributed by atoms with E-state index in [1.165, 1.54) is 12.7 Å². The molecule has 1 N–H and O–H groups in total. The number of rotatable bonds is 8. The van der Waals surface area contributed by atoms with Crippen LogP contribution in [0.1, 0.15) is 34.3 Å². The molecule has 1 atom stereocenters. The van der Waals surface area contributed by atoms with E-state index in [0.29, 0.717) is 30.4 Å². The number of methoxy groups -OCH3 is 1. The van der Waals surface area contributed by atoms with Crippen molar-refractivity contribution in [1.29, 1.82) is 0 Å². The second-order valence-corrected chi connectivity index (χ2v) is 8.77. The van der Waals surface area contributed by atoms with E-state index >= 15 is 0 Å². The molecule has 1 aliphatic heterocycles. The fraction of sp³-hybridized carbons (Fsp3) is 0.385. The number of nitrogens with zero attached hydrogens (tertiary/aromatic N) is 4. The molecule has 1 amide bonds. The number of carbonyl (C=O) groups is 2. The number of nitrogens with one attached hydrogen (secondary N) is 1. The monoisotopic (exact) mass is 477 g/mol. The van der Waals surface area contributed by atoms with Gasteiger partial charge in [-0.3, -0.25) is 14.6 Å². The quantitative estimate of drug-likeness (QED) is 0.494. The van der Waals surface area contributed by atoms with Gasteiger partial charge in [0, 0.05) is 38.3 Å². The van der Waals surface area contributed by atoms with Crippen molar-refractivity contribution >= 4 is 11.9 Å². The van der Waals surface area contributed by atoms with E-state index in [9.17, 15) is 9.59 Å². The Labute approximate surface area is 205 Å². The fourth-order valence-electron chi connectivity index (χ4n) is 4.02. The number of aryl methyl sites for hydroxylation is 1. The van der Waals surface area contributed by atoms with Crippen LogP contribution in [0.5, 0.6) is 0 Å². The zero-order chi connectivity index (χ0) is 24.8. The summed E-state index contributed by atoms with van der Waals surface area (Å²) in [5.41, 5.74) is 3.54. The standard InChI is InChI=1S/C26H31N5O4/c1-18-4-8-21(9-5-18)24-28-23(35-29-24)17-30-12-14-31(15-13-30)19(2)25(32)27-16-20-6-10-22(11-7-20)26(33)34-3/h4-11,19H,12-17H2,1-3H3,(H,27,32). The van der Waals surface area contributed by atoms with Gasteiger partial charge in [0.1, 0.15) is 0 Å². The zero-order valence-corrected chi connectivity index (χ0v) is 20.4. The third kappa shape index (κ3) is 6.32. The maximum atomic E-state index is 12.7. The maximum Gasteiger partial charge on any atom is 0.337 e. The van der Waals surface area contributed by atoms with Crippen LogP contribution in [0, 0.1) is 6.92 Å². The van der Waals surface area contributed by atoms with Crippen molar-refractivity contribution in [2.45, 2.75) is 33.0 Å². The minimum absolute atomic E-state index is 0.0184. The highest BCUT2D eigenvalue weighted by atomic mass is 16.5. The van der Waals surface area contributed by atoms with Gasteiger partial charge in [0.15, 0.2) is 0 Å². The zero-order valence-electron chi connectivity index (χ0n) is 20.4. The number of esters is 1. The van der Waals surface area contributed by atoms with Crippen LogP contribution in [-0.2, 0) is 22.6 Å². The number of hydrogen-bond donors (Lipinski definition) is 1. The Hall–Kier alpha value is -3.56. The van der Waals surface area contributed by atoms with Gasteiger partial charge in [-0.05, 0) is 31.5 Å². The number of hydrogen-bond acceptors (Lipinski definition) is 8. The smallest absolute Gasteiger partial charge is 0.337 e. The minimum Gasteiger partial charge on any atom is -0.465 e. The summed E-state index contributed by atoms with van der Waals surface area (Å²) in [6.45, 7) is 8.16. The molecule has 9 nitrogen and oxygen atoms in total. The van der Waals surface area contributed by atoms with Gasteiger partial charge >= 0.3 is 5.97 Å². The summed E-state index contributed by atoms with van der Waals surface area (Å²) in [4.78, 5) is 33.2. The summed E-state index contributed by atoms with van der Waals surface area (Å²) in [6, 6.07) is 14.8. The number of amides is 1. The maximum absolute atomic E-state index is 12.7. The van der Waals surface area contributed by atoms with Gasteiger partial charge in [0.2, 0.25) is 17.6 Å². The lowest BCUT2D eigenvalue weighted by Gasteiger charge is -2.36. The number of benzene rings is 2. The molecule has 0 bridgehead atoms. The predicted molar refractivity (Wildman–Crippen MR) is 130 cm³/mol. The van der Waals surface area contributed by atoms with Crippen LogP contribution in [0.15, 0.2) is 53.1 Å². The van der Waals surface area contributed by atoms with Crippen molar-refractivity contribution in [1.82, 2.24) is 25.3 Å². The molecule has 0 aliphatic carbocycles. The Balaban J connectivity index is 1.22. The molecule has 1 aromatic heterocycles. The van der Waals surface area contributed by atoms with E-state index in [1.54, 1.807) is 12.1 Å². The first-order valence-corrected chi connectivity index (χ1v) is 11.7. The molecule has 9 heteroatoms. The summed E-state index contributed by atoms with van der Waals surface area (Å²) < 4.78 is 10.2. The molecule has 4 rings (SSSR count). The van der Waals surface area contributed by atoms with Crippen LogP contribution in [-0.4, -0.2) is 71.1 Å². The molecule has 1 fully saturated rings. The van der Waals surface area contributed by atoms with Gasteiger partial charge in [0.25, 0.3) is 0 Å². The Morgan fingerprint density at radius 2 is 1.74 bits per heavy atom. The van der Waals surface area contributed by atoms with E-state index < -0.39 is 0 Å². The number of piperazine rings is 1. The van der Waals surface area contributed by atoms with Gasteiger partial charge < -0.3 is 14.6 Å². The van der Waals surface area contributed by atoms with Crippen LogP contribution in [0.2, 0.25) is 0 Å². The van der Waals surface area contributed by atoms with Gasteiger partial charge in [-0.25, -0.2) is 4.79 Å². The molecule has 0 spiro atoms. The van der Waals surface area contributed by atoms with E-state index in [-0.39, 0.29) is 17.9 Å². The molecule has 184 valence electrons. The van der Waals surface area contributed by atoms with E-state index in [4.69, 9.17) is 9.26 Å². The first kappa shape index (κ1) is 24.6. The molecule has 2 heterocycles. The molecular formula is C26H31N5O4. The largest absolute Gasteiger partial charge is 0.465 e. The lowest BCUT2D eigenvalue weighted by molar-refractivity contribution is -0.126. The molecule has 1 aliphatic rings. The average molecular weight is 478 g/mol. The van der Waals surface area contributed by atoms with Crippen molar-refractivity contribution in [2.24, 2.45) is 0 Å². The van der Waals surface area contributed by atoms with Crippen molar-refractivity contribution in [3.05, 3.63) is 71.1 Å². The van der Waals surface area contributed by atoms with Gasteiger partial charge in [-0.1, -0.05) is 47.1 Å². The Bertz CT molecular complexity index is 1140. The Morgan fingerprint density at radius 3 is 2.40 bits per heavy atom. The number of ether oxygens (including phenoxy) is 1. The Kier molecular flexibility index (Phi) is 7.89. The van der Waals surface area contributed by atoms with Crippen molar-refractivity contribution in [2.75, 3.05) is 33.3 Å². The van der Waals surface area contributed by atoms with Gasteiger partial charge in [-0.15, -0.1) is 0 Å². The highest BCUT2D eigenvalue weighted by Crippen LogP contribution is 2.18. The van der Waals surface area contributed by atoms with Crippen molar-refractivity contribution in [3.63, 3.8) is 0 Å². The summed E-state index contributed by atoms with van der Waals surface area (Å²) in [6.07, 6.45) is 0. The van der Waals surface area contributed by atoms with Gasteiger partial charge in [-0.2, -0.15) is 4.98 Å². The average Bonchev–Trinajstić information content (AvgIpc) is 3.36. The van der Waals surface area contributed by atoms with Crippen LogP contribution in [0.3, 0.4) is 0 Å². The summed E-state index contributed by atoms with van der Waals surface area (Å²) >= 11 is 0. The highest BCUT2D eigenvalue weighted by molar-refractivity contribution is 5.89. The highest BCUT2D eigenvalue weighted by Gasteiger charge is 2.26. The summed E-state index contributed by atoms with van der Waals surface area (Å²) in [7, 11) is 1.35. The first-order valence-electron chi connectivity index (χ1n) is 11.7. The SMILES string of the molecule is COC(=O)c1ccc(CNC(=O)C(C)N2CCN(Cc3nc(-c4ccc(C)cc4)no3)CC2)cc1. The second kappa shape index (κ2) is 11.2. The lowest BCUT2D eigenvalue weighted by Crippen LogP contribution is -2.53. The van der Waals surface area contributed by atoms with E-state index in [2.05, 4.69) is 25.3 Å². The summed E-state index contributed by atoms with van der Waals surface area (Å²) in [5, 5.41) is 7.10. The minimum atomic E-state index is -0.376. The van der Waals surface area contributed by atoms with Crippen LogP contribution in [0.25, 0.3) is 11.4 Å². The molecule has 2 aromatic carbocycles. The Morgan fingerprint density at radius 1 is 1.06 bits per heavy atom. The normalized spacial score (nSPS) is 15.5. The van der Waals surface area contributed by atoms with Gasteiger partial charge in [0.05, 0.1) is 25.3 Å². The predicted octanol–water partition coefficient (Wildman–Crippen LogP) is 2.65. The van der Waals surface area contributed by atoms with Crippen LogP contribution in [0.4, 0.5) is 0 Å². The van der Waals surface area contributed by atoms with Crippen molar-refractivity contribution < 1.29 is 18.8 Å². The topological polar surface area (TPSA) is 101 Å². The summed E-state index contributed by atoms with van der Waals surface area (Å²) in [5.74, 6) is 0.802. The number of carbonyl (C=O) groups excluding carboxylic acids is 2. The fourth-order valence-corrected chi connectivity index (χ4v) is 4.02.